The van der Waals surface area contributed by atoms with Crippen LogP contribution in [0.2, 0.25) is 0 Å². The van der Waals surface area contributed by atoms with Crippen LogP contribution in [0.25, 0.3) is 5.69 Å². The molecule has 0 fully saturated rings. The Bertz CT molecular complexity index is 1150. The van der Waals surface area contributed by atoms with Gasteiger partial charge in [-0.3, -0.25) is 9.36 Å². The summed E-state index contributed by atoms with van der Waals surface area (Å²) in [5, 5.41) is 10.5. The maximum atomic E-state index is 13.0. The monoisotopic (exact) mass is 479 g/mol. The van der Waals surface area contributed by atoms with E-state index < -0.39 is 0 Å². The Balaban J connectivity index is 1.57. The SMILES string of the molecule is CN1C(=C(C#N)C(=O)CSc2nccn2-c2ccc(Br)cc2)N(C)c2ccccc21. The molecule has 4 rings (SSSR count). The first-order valence-corrected chi connectivity index (χ1v) is 10.9. The summed E-state index contributed by atoms with van der Waals surface area (Å²) in [5.41, 5.74) is 3.03. The van der Waals surface area contributed by atoms with Crippen molar-refractivity contribution >= 4 is 44.8 Å². The number of thioether (sulfide) groups is 1. The van der Waals surface area contributed by atoms with E-state index in [1.807, 2.05) is 83.2 Å². The minimum absolute atomic E-state index is 0.123. The van der Waals surface area contributed by atoms with Crippen LogP contribution in [0.5, 0.6) is 0 Å². The fourth-order valence-electron chi connectivity index (χ4n) is 3.45. The second kappa shape index (κ2) is 8.38. The average Bonchev–Trinajstić information content (AvgIpc) is 3.32. The molecule has 0 amide bonds. The van der Waals surface area contributed by atoms with Crippen LogP contribution in [0.3, 0.4) is 0 Å². The van der Waals surface area contributed by atoms with E-state index in [0.29, 0.717) is 11.0 Å². The highest BCUT2D eigenvalue weighted by Crippen LogP contribution is 2.40. The van der Waals surface area contributed by atoms with Crippen molar-refractivity contribution in [3.05, 3.63) is 76.8 Å². The van der Waals surface area contributed by atoms with Crippen molar-refractivity contribution in [1.82, 2.24) is 9.55 Å². The molecule has 150 valence electrons. The number of Topliss-reactive ketones (excluding diaryl/α,β-unsaturated/α-hetero) is 1. The number of para-hydroxylation sites is 2. The van der Waals surface area contributed by atoms with Gasteiger partial charge in [-0.1, -0.05) is 39.8 Å². The fourth-order valence-corrected chi connectivity index (χ4v) is 4.56. The number of fused-ring (bicyclic) bond motifs is 1. The maximum absolute atomic E-state index is 13.0. The second-order valence-electron chi connectivity index (χ2n) is 6.69. The number of nitriles is 1. The van der Waals surface area contributed by atoms with E-state index in [-0.39, 0.29) is 17.1 Å². The van der Waals surface area contributed by atoms with Gasteiger partial charge >= 0.3 is 0 Å². The molecule has 30 heavy (non-hydrogen) atoms. The number of ketones is 1. The summed E-state index contributed by atoms with van der Waals surface area (Å²) in [6.07, 6.45) is 3.56. The van der Waals surface area contributed by atoms with Crippen molar-refractivity contribution in [1.29, 1.82) is 5.26 Å². The molecule has 3 aromatic rings. The Morgan fingerprint density at radius 3 is 2.33 bits per heavy atom. The molecule has 0 atom stereocenters. The molecule has 0 unspecified atom stereocenters. The smallest absolute Gasteiger partial charge is 0.187 e. The Morgan fingerprint density at radius 2 is 1.73 bits per heavy atom. The van der Waals surface area contributed by atoms with E-state index in [9.17, 15) is 10.1 Å². The van der Waals surface area contributed by atoms with Gasteiger partial charge in [0.2, 0.25) is 0 Å². The van der Waals surface area contributed by atoms with Crippen LogP contribution in [0.4, 0.5) is 11.4 Å². The van der Waals surface area contributed by atoms with Crippen molar-refractivity contribution in [2.45, 2.75) is 5.16 Å². The van der Waals surface area contributed by atoms with Crippen LogP contribution in [0.15, 0.2) is 81.9 Å². The van der Waals surface area contributed by atoms with Gasteiger partial charge in [0, 0.05) is 36.6 Å². The van der Waals surface area contributed by atoms with Crippen molar-refractivity contribution in [2.75, 3.05) is 29.6 Å². The quantitative estimate of drug-likeness (QED) is 0.302. The van der Waals surface area contributed by atoms with Crippen LogP contribution in [-0.4, -0.2) is 35.2 Å². The summed E-state index contributed by atoms with van der Waals surface area (Å²) in [6.45, 7) is 0. The lowest BCUT2D eigenvalue weighted by Gasteiger charge is -2.19. The molecule has 0 bridgehead atoms. The van der Waals surface area contributed by atoms with Gasteiger partial charge < -0.3 is 9.80 Å². The van der Waals surface area contributed by atoms with Gasteiger partial charge in [0.1, 0.15) is 17.5 Å². The number of rotatable bonds is 5. The lowest BCUT2D eigenvalue weighted by molar-refractivity contribution is -0.112. The Morgan fingerprint density at radius 1 is 1.10 bits per heavy atom. The van der Waals surface area contributed by atoms with Gasteiger partial charge in [0.05, 0.1) is 17.1 Å². The molecule has 1 aromatic heterocycles. The molecule has 0 spiro atoms. The fraction of sp³-hybridized carbons (Fsp3) is 0.136. The van der Waals surface area contributed by atoms with Crippen molar-refractivity contribution in [2.24, 2.45) is 0 Å². The third-order valence-electron chi connectivity index (χ3n) is 4.90. The molecule has 0 saturated carbocycles. The van der Waals surface area contributed by atoms with Crippen molar-refractivity contribution in [3.63, 3.8) is 0 Å². The van der Waals surface area contributed by atoms with E-state index >= 15 is 0 Å². The maximum Gasteiger partial charge on any atom is 0.187 e. The number of nitrogens with zero attached hydrogens (tertiary/aromatic N) is 5. The summed E-state index contributed by atoms with van der Waals surface area (Å²) in [6, 6.07) is 17.8. The number of allylic oxidation sites excluding steroid dienone is 1. The first-order valence-electron chi connectivity index (χ1n) is 9.17. The molecule has 6 nitrogen and oxygen atoms in total. The molecular weight excluding hydrogens is 462 g/mol. The Hall–Kier alpha value is -3.02. The molecule has 0 radical (unpaired) electrons. The van der Waals surface area contributed by atoms with Gasteiger partial charge in [-0.05, 0) is 36.4 Å². The first kappa shape index (κ1) is 20.3. The van der Waals surface area contributed by atoms with Crippen molar-refractivity contribution in [3.8, 4) is 11.8 Å². The number of aromatic nitrogens is 2. The Labute approximate surface area is 187 Å². The molecule has 0 aliphatic carbocycles. The third kappa shape index (κ3) is 3.62. The van der Waals surface area contributed by atoms with Gasteiger partial charge in [-0.2, -0.15) is 5.26 Å². The van der Waals surface area contributed by atoms with Gasteiger partial charge in [0.25, 0.3) is 0 Å². The molecule has 1 aliphatic heterocycles. The lowest BCUT2D eigenvalue weighted by atomic mass is 10.2. The number of halogens is 1. The highest BCUT2D eigenvalue weighted by Gasteiger charge is 2.31. The first-order chi connectivity index (χ1) is 14.5. The molecule has 0 N–H and O–H groups in total. The topological polar surface area (TPSA) is 65.2 Å². The van der Waals surface area contributed by atoms with Crippen LogP contribution in [-0.2, 0) is 4.79 Å². The highest BCUT2D eigenvalue weighted by molar-refractivity contribution is 9.10. The normalized spacial score (nSPS) is 12.7. The summed E-state index contributed by atoms with van der Waals surface area (Å²) in [5.74, 6) is 0.493. The van der Waals surface area contributed by atoms with E-state index in [4.69, 9.17) is 0 Å². The number of carbonyl (C=O) groups excluding carboxylic acids is 1. The predicted octanol–water partition coefficient (Wildman–Crippen LogP) is 4.62. The van der Waals surface area contributed by atoms with Crippen molar-refractivity contribution < 1.29 is 4.79 Å². The molecule has 2 aromatic carbocycles. The van der Waals surface area contributed by atoms with E-state index in [1.54, 1.807) is 6.20 Å². The van der Waals surface area contributed by atoms with E-state index in [1.165, 1.54) is 11.8 Å². The number of anilines is 2. The van der Waals surface area contributed by atoms with Crippen LogP contribution in [0.1, 0.15) is 0 Å². The summed E-state index contributed by atoms with van der Waals surface area (Å²) in [4.78, 5) is 21.1. The second-order valence-corrected chi connectivity index (χ2v) is 8.54. The number of imidazole rings is 1. The number of carbonyl (C=O) groups is 1. The van der Waals surface area contributed by atoms with Gasteiger partial charge in [-0.25, -0.2) is 4.98 Å². The van der Waals surface area contributed by atoms with E-state index in [2.05, 4.69) is 27.0 Å². The third-order valence-corrected chi connectivity index (χ3v) is 6.39. The summed E-state index contributed by atoms with van der Waals surface area (Å²) >= 11 is 4.75. The number of hydrogen-bond acceptors (Lipinski definition) is 6. The molecule has 1 aliphatic rings. The predicted molar refractivity (Wildman–Crippen MR) is 123 cm³/mol. The van der Waals surface area contributed by atoms with Gasteiger partial charge in [-0.15, -0.1) is 0 Å². The molecule has 2 heterocycles. The Kier molecular flexibility index (Phi) is 5.66. The number of hydrogen-bond donors (Lipinski definition) is 0. The lowest BCUT2D eigenvalue weighted by Crippen LogP contribution is -2.26. The van der Waals surface area contributed by atoms with Crippen LogP contribution >= 0.6 is 27.7 Å². The van der Waals surface area contributed by atoms with Crippen LogP contribution in [0, 0.1) is 11.3 Å². The van der Waals surface area contributed by atoms with Crippen LogP contribution < -0.4 is 9.80 Å². The van der Waals surface area contributed by atoms with E-state index in [0.717, 1.165) is 21.5 Å². The minimum Gasteiger partial charge on any atom is -0.328 e. The molecular formula is C22H18BrN5OS. The standard InChI is InChI=1S/C22H18BrN5OS/c1-26-18-5-3-4-6-19(18)27(2)21(26)17(13-24)20(29)14-30-22-25-11-12-28(22)16-9-7-15(23)8-10-16/h3-12H,14H2,1-2H3. The zero-order valence-corrected chi connectivity index (χ0v) is 18.8. The zero-order valence-electron chi connectivity index (χ0n) is 16.4. The largest absolute Gasteiger partial charge is 0.328 e. The zero-order chi connectivity index (χ0) is 21.3. The summed E-state index contributed by atoms with van der Waals surface area (Å²) < 4.78 is 2.92. The number of benzene rings is 2. The highest BCUT2D eigenvalue weighted by atomic mass is 79.9. The minimum atomic E-state index is -0.227. The molecule has 0 saturated heterocycles. The summed E-state index contributed by atoms with van der Waals surface area (Å²) in [7, 11) is 3.74. The molecule has 8 heteroatoms. The van der Waals surface area contributed by atoms with Gasteiger partial charge in [0.15, 0.2) is 10.9 Å². The average molecular weight is 480 g/mol.